The van der Waals surface area contributed by atoms with Gasteiger partial charge in [-0.25, -0.2) is 0 Å². The van der Waals surface area contributed by atoms with E-state index >= 15 is 0 Å². The molecule has 0 bridgehead atoms. The molecule has 3 aromatic rings. The van der Waals surface area contributed by atoms with Crippen molar-refractivity contribution < 1.29 is 18.8 Å². The van der Waals surface area contributed by atoms with Crippen molar-refractivity contribution in [3.8, 4) is 17.1 Å². The number of nitrogens with zero attached hydrogens (tertiary/aromatic N) is 3. The van der Waals surface area contributed by atoms with Crippen molar-refractivity contribution in [1.82, 2.24) is 20.4 Å². The number of pyridine rings is 1. The Kier molecular flexibility index (Phi) is 4.94. The van der Waals surface area contributed by atoms with Crippen LogP contribution < -0.4 is 15.4 Å². The summed E-state index contributed by atoms with van der Waals surface area (Å²) in [6, 6.07) is 7.95. The van der Waals surface area contributed by atoms with E-state index in [4.69, 9.17) is 9.26 Å². The van der Waals surface area contributed by atoms with Crippen LogP contribution in [0.1, 0.15) is 36.1 Å². The minimum atomic E-state index is -0.470. The number of aromatic nitrogens is 3. The molecule has 0 radical (unpaired) electrons. The first-order valence-corrected chi connectivity index (χ1v) is 9.13. The number of anilines is 1. The second-order valence-corrected chi connectivity index (χ2v) is 6.94. The molecule has 0 saturated carbocycles. The summed E-state index contributed by atoms with van der Waals surface area (Å²) in [5, 5.41) is 9.64. The van der Waals surface area contributed by atoms with E-state index in [1.165, 1.54) is 0 Å². The van der Waals surface area contributed by atoms with Gasteiger partial charge in [-0.05, 0) is 36.2 Å². The number of ether oxygens (including phenoxy) is 1. The van der Waals surface area contributed by atoms with Gasteiger partial charge in [0.1, 0.15) is 11.8 Å². The molecule has 1 unspecified atom stereocenters. The molecule has 4 rings (SSSR count). The summed E-state index contributed by atoms with van der Waals surface area (Å²) >= 11 is 0. The second kappa shape index (κ2) is 7.70. The van der Waals surface area contributed by atoms with E-state index in [1.807, 2.05) is 13.8 Å². The standard InChI is InChI=1S/C20H19N5O4/c1-11(2)17(20-24-18(25-29-20)12-5-7-21-8-6-12)23-19(27)13-3-4-14-15(9-13)28-10-16(26)22-14/h3-9,11,17H,10H2,1-2H3,(H,22,26)(H,23,27). The Hall–Kier alpha value is -3.75. The van der Waals surface area contributed by atoms with E-state index in [0.717, 1.165) is 5.56 Å². The summed E-state index contributed by atoms with van der Waals surface area (Å²) in [6.45, 7) is 3.83. The molecule has 0 spiro atoms. The average molecular weight is 393 g/mol. The van der Waals surface area contributed by atoms with Gasteiger partial charge in [-0.15, -0.1) is 0 Å². The Morgan fingerprint density at radius 2 is 2.00 bits per heavy atom. The molecule has 2 N–H and O–H groups in total. The molecule has 148 valence electrons. The van der Waals surface area contributed by atoms with E-state index in [9.17, 15) is 9.59 Å². The van der Waals surface area contributed by atoms with Gasteiger partial charge < -0.3 is 19.9 Å². The summed E-state index contributed by atoms with van der Waals surface area (Å²) < 4.78 is 10.8. The van der Waals surface area contributed by atoms with Crippen LogP contribution in [-0.2, 0) is 4.79 Å². The topological polar surface area (TPSA) is 119 Å². The van der Waals surface area contributed by atoms with Crippen LogP contribution in [0.15, 0.2) is 47.2 Å². The molecule has 1 aromatic carbocycles. The number of benzene rings is 1. The van der Waals surface area contributed by atoms with Crippen molar-refractivity contribution in [2.75, 3.05) is 11.9 Å². The highest BCUT2D eigenvalue weighted by molar-refractivity contribution is 5.99. The molecule has 2 amide bonds. The normalized spacial score (nSPS) is 14.0. The van der Waals surface area contributed by atoms with Gasteiger partial charge >= 0.3 is 0 Å². The Morgan fingerprint density at radius 1 is 1.21 bits per heavy atom. The van der Waals surface area contributed by atoms with Gasteiger partial charge in [0.2, 0.25) is 11.7 Å². The zero-order chi connectivity index (χ0) is 20.4. The number of nitrogens with one attached hydrogen (secondary N) is 2. The van der Waals surface area contributed by atoms with Crippen LogP contribution in [0.2, 0.25) is 0 Å². The molecule has 29 heavy (non-hydrogen) atoms. The van der Waals surface area contributed by atoms with Gasteiger partial charge in [0.05, 0.1) is 5.69 Å². The van der Waals surface area contributed by atoms with Crippen LogP contribution in [0.5, 0.6) is 5.75 Å². The first kappa shape index (κ1) is 18.6. The monoisotopic (exact) mass is 393 g/mol. The number of amides is 2. The number of hydrogen-bond donors (Lipinski definition) is 2. The number of carbonyl (C=O) groups is 2. The largest absolute Gasteiger partial charge is 0.482 e. The van der Waals surface area contributed by atoms with Crippen LogP contribution in [-0.4, -0.2) is 33.5 Å². The lowest BCUT2D eigenvalue weighted by molar-refractivity contribution is -0.118. The first-order chi connectivity index (χ1) is 14.0. The quantitative estimate of drug-likeness (QED) is 0.684. The number of rotatable bonds is 5. The molecule has 1 aliphatic rings. The highest BCUT2D eigenvalue weighted by Gasteiger charge is 2.26. The van der Waals surface area contributed by atoms with Crippen molar-refractivity contribution in [2.45, 2.75) is 19.9 Å². The fourth-order valence-electron chi connectivity index (χ4n) is 2.93. The summed E-state index contributed by atoms with van der Waals surface area (Å²) in [6.07, 6.45) is 3.29. The first-order valence-electron chi connectivity index (χ1n) is 9.13. The van der Waals surface area contributed by atoms with E-state index in [1.54, 1.807) is 42.7 Å². The molecule has 1 aliphatic heterocycles. The molecule has 2 aromatic heterocycles. The third kappa shape index (κ3) is 3.93. The van der Waals surface area contributed by atoms with Crippen LogP contribution in [0, 0.1) is 5.92 Å². The molecule has 1 atom stereocenters. The molecule has 9 heteroatoms. The molecular formula is C20H19N5O4. The van der Waals surface area contributed by atoms with Gasteiger partial charge in [0.25, 0.3) is 11.8 Å². The van der Waals surface area contributed by atoms with E-state index in [0.29, 0.717) is 28.7 Å². The second-order valence-electron chi connectivity index (χ2n) is 6.94. The van der Waals surface area contributed by atoms with Gasteiger partial charge in [0.15, 0.2) is 6.61 Å². The van der Waals surface area contributed by atoms with Gasteiger partial charge in [-0.3, -0.25) is 14.6 Å². The summed E-state index contributed by atoms with van der Waals surface area (Å²) in [4.78, 5) is 32.6. The molecule has 3 heterocycles. The van der Waals surface area contributed by atoms with Gasteiger partial charge in [-0.1, -0.05) is 19.0 Å². The van der Waals surface area contributed by atoms with Crippen LogP contribution in [0.25, 0.3) is 11.4 Å². The maximum absolute atomic E-state index is 12.8. The zero-order valence-corrected chi connectivity index (χ0v) is 15.9. The van der Waals surface area contributed by atoms with Crippen molar-refractivity contribution >= 4 is 17.5 Å². The summed E-state index contributed by atoms with van der Waals surface area (Å²) in [5.41, 5.74) is 1.72. The molecule has 0 saturated heterocycles. The van der Waals surface area contributed by atoms with Crippen molar-refractivity contribution in [2.24, 2.45) is 5.92 Å². The van der Waals surface area contributed by atoms with Crippen LogP contribution in [0.3, 0.4) is 0 Å². The maximum atomic E-state index is 12.8. The van der Waals surface area contributed by atoms with Crippen molar-refractivity contribution in [1.29, 1.82) is 0 Å². The van der Waals surface area contributed by atoms with E-state index < -0.39 is 6.04 Å². The fourth-order valence-corrected chi connectivity index (χ4v) is 2.93. The Bertz CT molecular complexity index is 1050. The highest BCUT2D eigenvalue weighted by Crippen LogP contribution is 2.29. The lowest BCUT2D eigenvalue weighted by Gasteiger charge is -2.20. The number of carbonyl (C=O) groups excluding carboxylic acids is 2. The number of fused-ring (bicyclic) bond motifs is 1. The lowest BCUT2D eigenvalue weighted by atomic mass is 10.0. The SMILES string of the molecule is CC(C)C(NC(=O)c1ccc2c(c1)OCC(=O)N2)c1nc(-c2ccncc2)no1. The third-order valence-corrected chi connectivity index (χ3v) is 4.48. The van der Waals surface area contributed by atoms with Crippen LogP contribution in [0.4, 0.5) is 5.69 Å². The smallest absolute Gasteiger partial charge is 0.262 e. The minimum absolute atomic E-state index is 0.0119. The lowest BCUT2D eigenvalue weighted by Crippen LogP contribution is -2.32. The van der Waals surface area contributed by atoms with Crippen molar-refractivity contribution in [3.05, 3.63) is 54.2 Å². The summed E-state index contributed by atoms with van der Waals surface area (Å²) in [5.74, 6) is 0.683. The third-order valence-electron chi connectivity index (χ3n) is 4.48. The van der Waals surface area contributed by atoms with Gasteiger partial charge in [0, 0.05) is 23.5 Å². The number of hydrogen-bond acceptors (Lipinski definition) is 7. The van der Waals surface area contributed by atoms with Crippen molar-refractivity contribution in [3.63, 3.8) is 0 Å². The molecule has 0 aliphatic carbocycles. The molecule has 0 fully saturated rings. The summed E-state index contributed by atoms with van der Waals surface area (Å²) in [7, 11) is 0. The Balaban J connectivity index is 1.54. The predicted molar refractivity (Wildman–Crippen MR) is 103 cm³/mol. The molecule has 9 nitrogen and oxygen atoms in total. The fraction of sp³-hybridized carbons (Fsp3) is 0.250. The maximum Gasteiger partial charge on any atom is 0.262 e. The average Bonchev–Trinajstić information content (AvgIpc) is 3.21. The zero-order valence-electron chi connectivity index (χ0n) is 15.9. The Morgan fingerprint density at radius 3 is 2.76 bits per heavy atom. The van der Waals surface area contributed by atoms with E-state index in [2.05, 4.69) is 25.8 Å². The van der Waals surface area contributed by atoms with Crippen LogP contribution >= 0.6 is 0 Å². The minimum Gasteiger partial charge on any atom is -0.482 e. The highest BCUT2D eigenvalue weighted by atomic mass is 16.5. The predicted octanol–water partition coefficient (Wildman–Crippen LogP) is 2.59. The van der Waals surface area contributed by atoms with E-state index in [-0.39, 0.29) is 24.3 Å². The van der Waals surface area contributed by atoms with Gasteiger partial charge in [-0.2, -0.15) is 4.98 Å². The molecular weight excluding hydrogens is 374 g/mol. The Labute approximate surface area is 166 Å².